The van der Waals surface area contributed by atoms with Crippen LogP contribution in [0.2, 0.25) is 0 Å². The van der Waals surface area contributed by atoms with E-state index < -0.39 is 0 Å². The topological polar surface area (TPSA) is 52.8 Å². The molecule has 2 aromatic heterocycles. The first-order valence-corrected chi connectivity index (χ1v) is 10.2. The molecule has 29 heavy (non-hydrogen) atoms. The molecule has 0 fully saturated rings. The number of thioether (sulfide) groups is 1. The van der Waals surface area contributed by atoms with Crippen LogP contribution in [0.3, 0.4) is 0 Å². The number of hydrogen-bond donors (Lipinski definition) is 0. The van der Waals surface area contributed by atoms with Crippen LogP contribution in [0.1, 0.15) is 12.5 Å². The van der Waals surface area contributed by atoms with Crippen molar-refractivity contribution in [2.24, 2.45) is 0 Å². The third kappa shape index (κ3) is 4.46. The molecule has 0 saturated carbocycles. The second kappa shape index (κ2) is 8.87. The number of aromatic nitrogens is 4. The maximum atomic E-state index is 13.2. The van der Waals surface area contributed by atoms with Crippen LogP contribution in [0.25, 0.3) is 17.1 Å². The highest BCUT2D eigenvalue weighted by Gasteiger charge is 2.16. The Morgan fingerprint density at radius 1 is 1.00 bits per heavy atom. The molecule has 0 radical (unpaired) electrons. The zero-order chi connectivity index (χ0) is 20.1. The van der Waals surface area contributed by atoms with Gasteiger partial charge in [-0.1, -0.05) is 23.9 Å². The molecule has 0 aliphatic heterocycles. The number of nitrogens with zero attached hydrogens (tertiary/aromatic N) is 4. The fourth-order valence-electron chi connectivity index (χ4n) is 2.86. The Morgan fingerprint density at radius 3 is 2.48 bits per heavy atom. The first-order valence-electron chi connectivity index (χ1n) is 9.21. The quantitative estimate of drug-likeness (QED) is 0.397. The summed E-state index contributed by atoms with van der Waals surface area (Å²) in [6, 6.07) is 18.1. The molecule has 2 aromatic carbocycles. The Labute approximate surface area is 172 Å². The van der Waals surface area contributed by atoms with Crippen LogP contribution in [0, 0.1) is 5.82 Å². The average molecular weight is 406 g/mol. The third-order valence-corrected chi connectivity index (χ3v) is 5.24. The molecule has 0 saturated heterocycles. The fraction of sp³-hybridized carbons (Fsp3) is 0.136. The van der Waals surface area contributed by atoms with Crippen molar-refractivity contribution < 1.29 is 9.13 Å². The van der Waals surface area contributed by atoms with Gasteiger partial charge in [0.25, 0.3) is 0 Å². The van der Waals surface area contributed by atoms with Crippen LogP contribution in [-0.2, 0) is 5.75 Å². The van der Waals surface area contributed by atoms with E-state index in [1.165, 1.54) is 12.1 Å². The number of hydrogen-bond acceptors (Lipinski definition) is 5. The fourth-order valence-corrected chi connectivity index (χ4v) is 3.77. The Kier molecular flexibility index (Phi) is 5.86. The molecule has 0 unspecified atom stereocenters. The molecular weight excluding hydrogens is 387 g/mol. The second-order valence-electron chi connectivity index (χ2n) is 6.23. The van der Waals surface area contributed by atoms with Crippen LogP contribution < -0.4 is 4.74 Å². The van der Waals surface area contributed by atoms with Crippen molar-refractivity contribution in [1.29, 1.82) is 0 Å². The maximum Gasteiger partial charge on any atom is 0.196 e. The van der Waals surface area contributed by atoms with Crippen molar-refractivity contribution in [3.63, 3.8) is 0 Å². The van der Waals surface area contributed by atoms with Gasteiger partial charge in [0.15, 0.2) is 11.0 Å². The van der Waals surface area contributed by atoms with Gasteiger partial charge in [-0.15, -0.1) is 10.2 Å². The van der Waals surface area contributed by atoms with Crippen LogP contribution in [0.5, 0.6) is 5.75 Å². The molecule has 0 atom stereocenters. The van der Waals surface area contributed by atoms with Crippen LogP contribution in [-0.4, -0.2) is 26.4 Å². The van der Waals surface area contributed by atoms with Crippen LogP contribution in [0.15, 0.2) is 78.2 Å². The van der Waals surface area contributed by atoms with Crippen LogP contribution in [0.4, 0.5) is 4.39 Å². The molecule has 2 heterocycles. The Balaban J connectivity index is 1.69. The largest absolute Gasteiger partial charge is 0.494 e. The minimum atomic E-state index is -0.241. The summed E-state index contributed by atoms with van der Waals surface area (Å²) in [4.78, 5) is 4.20. The molecule has 0 N–H and O–H groups in total. The lowest BCUT2D eigenvalue weighted by molar-refractivity contribution is 0.340. The van der Waals surface area contributed by atoms with Gasteiger partial charge in [-0.2, -0.15) is 0 Å². The smallest absolute Gasteiger partial charge is 0.196 e. The lowest BCUT2D eigenvalue weighted by Gasteiger charge is -2.11. The molecule has 5 nitrogen and oxygen atoms in total. The summed E-state index contributed by atoms with van der Waals surface area (Å²) < 4.78 is 20.7. The Bertz CT molecular complexity index is 1070. The zero-order valence-electron chi connectivity index (χ0n) is 15.8. The van der Waals surface area contributed by atoms with Gasteiger partial charge in [0, 0.05) is 29.4 Å². The van der Waals surface area contributed by atoms with E-state index in [1.807, 2.05) is 47.9 Å². The molecule has 146 valence electrons. The number of benzene rings is 2. The molecule has 4 rings (SSSR count). The lowest BCUT2D eigenvalue weighted by Crippen LogP contribution is -2.00. The van der Waals surface area contributed by atoms with Crippen molar-refractivity contribution in [2.45, 2.75) is 17.8 Å². The normalized spacial score (nSPS) is 10.8. The van der Waals surface area contributed by atoms with Crippen molar-refractivity contribution in [2.75, 3.05) is 6.61 Å². The van der Waals surface area contributed by atoms with E-state index in [1.54, 1.807) is 36.3 Å². The van der Waals surface area contributed by atoms with E-state index in [-0.39, 0.29) is 5.82 Å². The van der Waals surface area contributed by atoms with Gasteiger partial charge >= 0.3 is 0 Å². The highest BCUT2D eigenvalue weighted by Crippen LogP contribution is 2.30. The first-order chi connectivity index (χ1) is 14.2. The zero-order valence-corrected chi connectivity index (χ0v) is 16.6. The summed E-state index contributed by atoms with van der Waals surface area (Å²) in [6.07, 6.45) is 3.49. The van der Waals surface area contributed by atoms with Gasteiger partial charge in [0.2, 0.25) is 0 Å². The van der Waals surface area contributed by atoms with E-state index in [0.717, 1.165) is 27.7 Å². The number of rotatable bonds is 7. The summed E-state index contributed by atoms with van der Waals surface area (Å²) in [5, 5.41) is 9.56. The van der Waals surface area contributed by atoms with Crippen molar-refractivity contribution in [1.82, 2.24) is 19.7 Å². The van der Waals surface area contributed by atoms with E-state index in [4.69, 9.17) is 4.74 Å². The molecular formula is C22H19FN4OS. The van der Waals surface area contributed by atoms with Crippen molar-refractivity contribution in [3.05, 3.63) is 84.4 Å². The monoisotopic (exact) mass is 406 g/mol. The highest BCUT2D eigenvalue weighted by atomic mass is 32.2. The van der Waals surface area contributed by atoms with Gasteiger partial charge in [-0.25, -0.2) is 4.39 Å². The molecule has 0 aliphatic rings. The predicted molar refractivity (Wildman–Crippen MR) is 112 cm³/mol. The standard InChI is InChI=1S/C22H19FN4OS/c1-2-28-20-11-9-19(10-12-20)27-21(17-4-3-13-24-14-17)25-26-22(27)29-15-16-5-7-18(23)8-6-16/h3-14H,2,15H2,1H3. The van der Waals surface area contributed by atoms with Gasteiger partial charge < -0.3 is 4.74 Å². The van der Waals surface area contributed by atoms with Crippen LogP contribution >= 0.6 is 11.8 Å². The maximum absolute atomic E-state index is 13.2. The number of pyridine rings is 1. The minimum Gasteiger partial charge on any atom is -0.494 e. The number of ether oxygens (including phenoxy) is 1. The lowest BCUT2D eigenvalue weighted by atomic mass is 10.2. The average Bonchev–Trinajstić information content (AvgIpc) is 3.19. The van der Waals surface area contributed by atoms with Gasteiger partial charge in [0.1, 0.15) is 11.6 Å². The molecule has 0 spiro atoms. The minimum absolute atomic E-state index is 0.241. The molecule has 0 amide bonds. The summed E-state index contributed by atoms with van der Waals surface area (Å²) in [5.74, 6) is 1.94. The van der Waals surface area contributed by atoms with Gasteiger partial charge in [-0.3, -0.25) is 9.55 Å². The van der Waals surface area contributed by atoms with E-state index in [2.05, 4.69) is 15.2 Å². The molecule has 0 bridgehead atoms. The molecule has 0 aliphatic carbocycles. The van der Waals surface area contributed by atoms with Gasteiger partial charge in [-0.05, 0) is 61.0 Å². The van der Waals surface area contributed by atoms with Crippen molar-refractivity contribution >= 4 is 11.8 Å². The third-order valence-electron chi connectivity index (χ3n) is 4.24. The molecule has 7 heteroatoms. The Hall–Kier alpha value is -3.19. The predicted octanol–water partition coefficient (Wildman–Crippen LogP) is 5.16. The summed E-state index contributed by atoms with van der Waals surface area (Å²) in [5.41, 5.74) is 2.82. The van der Waals surface area contributed by atoms with E-state index >= 15 is 0 Å². The van der Waals surface area contributed by atoms with Crippen molar-refractivity contribution in [3.8, 4) is 22.8 Å². The Morgan fingerprint density at radius 2 is 1.79 bits per heavy atom. The van der Waals surface area contributed by atoms with Gasteiger partial charge in [0.05, 0.1) is 6.61 Å². The van der Waals surface area contributed by atoms with E-state index in [9.17, 15) is 4.39 Å². The summed E-state index contributed by atoms with van der Waals surface area (Å²) in [7, 11) is 0. The number of halogens is 1. The first kappa shape index (κ1) is 19.1. The second-order valence-corrected chi connectivity index (χ2v) is 7.17. The van der Waals surface area contributed by atoms with E-state index in [0.29, 0.717) is 18.2 Å². The molecule has 4 aromatic rings. The highest BCUT2D eigenvalue weighted by molar-refractivity contribution is 7.98. The SMILES string of the molecule is CCOc1ccc(-n2c(SCc3ccc(F)cc3)nnc2-c2cccnc2)cc1. The summed E-state index contributed by atoms with van der Waals surface area (Å²) >= 11 is 1.55. The summed E-state index contributed by atoms with van der Waals surface area (Å²) in [6.45, 7) is 2.57.